The van der Waals surface area contributed by atoms with E-state index in [4.69, 9.17) is 0 Å². The van der Waals surface area contributed by atoms with Crippen LogP contribution < -0.4 is 0 Å². The minimum atomic E-state index is 0.0794. The predicted octanol–water partition coefficient (Wildman–Crippen LogP) is 3.50. The van der Waals surface area contributed by atoms with Crippen molar-refractivity contribution in [3.05, 3.63) is 41.3 Å². The number of rotatable bonds is 2. The number of carbonyl (C=O) groups excluding carboxylic acids is 1. The lowest BCUT2D eigenvalue weighted by atomic mass is 10.1. The Balaban J connectivity index is 2.25. The lowest BCUT2D eigenvalue weighted by Gasteiger charge is -2.00. The largest absolute Gasteiger partial charge is 0.326 e. The number of thiophene rings is 1. The average molecular weight is 256 g/mol. The Hall–Kier alpha value is -1.94. The molecule has 0 aliphatic carbocycles. The summed E-state index contributed by atoms with van der Waals surface area (Å²) < 4.78 is 2.04. The third-order valence-corrected chi connectivity index (χ3v) is 3.89. The van der Waals surface area contributed by atoms with Crippen molar-refractivity contribution in [3.63, 3.8) is 0 Å². The van der Waals surface area contributed by atoms with Crippen molar-refractivity contribution in [2.24, 2.45) is 7.05 Å². The number of imidazole rings is 1. The molecule has 0 radical (unpaired) electrons. The normalized spacial score (nSPS) is 11.0. The summed E-state index contributed by atoms with van der Waals surface area (Å²) in [6.45, 7) is 1.58. The summed E-state index contributed by atoms with van der Waals surface area (Å²) in [4.78, 5) is 17.2. The Morgan fingerprint density at radius 3 is 2.83 bits per heavy atom. The number of nitrogens with zero attached hydrogens (tertiary/aromatic N) is 2. The first kappa shape index (κ1) is 11.2. The Kier molecular flexibility index (Phi) is 2.52. The van der Waals surface area contributed by atoms with Crippen molar-refractivity contribution in [3.8, 4) is 10.7 Å². The van der Waals surface area contributed by atoms with Crippen LogP contribution in [0.25, 0.3) is 21.7 Å². The summed E-state index contributed by atoms with van der Waals surface area (Å²) in [5.74, 6) is 1.02. The van der Waals surface area contributed by atoms with Crippen molar-refractivity contribution in [2.45, 2.75) is 6.92 Å². The Bertz CT molecular complexity index is 726. The number of benzene rings is 1. The molecule has 1 aromatic carbocycles. The van der Waals surface area contributed by atoms with Crippen LogP contribution in [0.3, 0.4) is 0 Å². The summed E-state index contributed by atoms with van der Waals surface area (Å²) >= 11 is 1.67. The van der Waals surface area contributed by atoms with Crippen LogP contribution in [0, 0.1) is 0 Å². The van der Waals surface area contributed by atoms with Gasteiger partial charge in [-0.05, 0) is 36.6 Å². The van der Waals surface area contributed by atoms with Crippen LogP contribution in [0.5, 0.6) is 0 Å². The van der Waals surface area contributed by atoms with Crippen LogP contribution in [-0.2, 0) is 7.05 Å². The molecule has 2 aromatic heterocycles. The summed E-state index contributed by atoms with van der Waals surface area (Å²) in [5.41, 5.74) is 2.64. The molecule has 0 N–H and O–H groups in total. The number of aromatic nitrogens is 2. The Labute approximate surface area is 109 Å². The fraction of sp³-hybridized carbons (Fsp3) is 0.143. The monoisotopic (exact) mass is 256 g/mol. The number of hydrogen-bond donors (Lipinski definition) is 0. The van der Waals surface area contributed by atoms with Crippen LogP contribution in [0.2, 0.25) is 0 Å². The second-order valence-electron chi connectivity index (χ2n) is 4.23. The van der Waals surface area contributed by atoms with Gasteiger partial charge in [-0.15, -0.1) is 11.3 Å². The maximum absolute atomic E-state index is 11.4. The standard InChI is InChI=1S/C14H12N2OS/c1-9(17)10-5-6-11-12(8-10)16(2)14(15-11)13-4-3-7-18-13/h3-8H,1-2H3. The van der Waals surface area contributed by atoms with Crippen molar-refractivity contribution >= 4 is 28.2 Å². The summed E-state index contributed by atoms with van der Waals surface area (Å²) in [6.07, 6.45) is 0. The molecular weight excluding hydrogens is 244 g/mol. The molecule has 0 atom stereocenters. The molecule has 0 bridgehead atoms. The van der Waals surface area contributed by atoms with E-state index >= 15 is 0 Å². The lowest BCUT2D eigenvalue weighted by molar-refractivity contribution is 0.101. The maximum Gasteiger partial charge on any atom is 0.159 e. The van der Waals surface area contributed by atoms with Crippen molar-refractivity contribution in [1.29, 1.82) is 0 Å². The van der Waals surface area contributed by atoms with Crippen LogP contribution in [0.4, 0.5) is 0 Å². The molecule has 4 heteroatoms. The smallest absolute Gasteiger partial charge is 0.159 e. The van der Waals surface area contributed by atoms with Crippen molar-refractivity contribution < 1.29 is 4.79 Å². The fourth-order valence-corrected chi connectivity index (χ4v) is 2.78. The Morgan fingerprint density at radius 2 is 2.17 bits per heavy atom. The van der Waals surface area contributed by atoms with E-state index in [1.165, 1.54) is 0 Å². The Morgan fingerprint density at radius 1 is 1.33 bits per heavy atom. The predicted molar refractivity (Wildman–Crippen MR) is 74.0 cm³/mol. The maximum atomic E-state index is 11.4. The van der Waals surface area contributed by atoms with Gasteiger partial charge in [0.15, 0.2) is 11.6 Å². The molecule has 0 fully saturated rings. The van der Waals surface area contributed by atoms with Gasteiger partial charge < -0.3 is 4.57 Å². The van der Waals surface area contributed by atoms with E-state index in [1.54, 1.807) is 18.3 Å². The molecule has 0 saturated carbocycles. The number of ketones is 1. The van der Waals surface area contributed by atoms with E-state index in [0.29, 0.717) is 0 Å². The van der Waals surface area contributed by atoms with E-state index < -0.39 is 0 Å². The zero-order valence-corrected chi connectivity index (χ0v) is 11.0. The minimum Gasteiger partial charge on any atom is -0.326 e. The molecule has 90 valence electrons. The van der Waals surface area contributed by atoms with Crippen LogP contribution in [-0.4, -0.2) is 15.3 Å². The van der Waals surface area contributed by atoms with Crippen molar-refractivity contribution in [2.75, 3.05) is 0 Å². The van der Waals surface area contributed by atoms with E-state index in [1.807, 2.05) is 41.3 Å². The molecule has 3 aromatic rings. The zero-order chi connectivity index (χ0) is 12.7. The zero-order valence-electron chi connectivity index (χ0n) is 10.2. The van der Waals surface area contributed by atoms with Crippen LogP contribution in [0.15, 0.2) is 35.7 Å². The van der Waals surface area contributed by atoms with Gasteiger partial charge in [0, 0.05) is 12.6 Å². The van der Waals surface area contributed by atoms with Gasteiger partial charge in [0.05, 0.1) is 15.9 Å². The van der Waals surface area contributed by atoms with Gasteiger partial charge in [0.2, 0.25) is 0 Å². The number of aryl methyl sites for hydroxylation is 1. The molecule has 3 nitrogen and oxygen atoms in total. The second kappa shape index (κ2) is 4.07. The molecule has 0 aliphatic heterocycles. The van der Waals surface area contributed by atoms with Crippen LogP contribution in [0.1, 0.15) is 17.3 Å². The number of hydrogen-bond acceptors (Lipinski definition) is 3. The minimum absolute atomic E-state index is 0.0794. The van der Waals surface area contributed by atoms with Gasteiger partial charge >= 0.3 is 0 Å². The van der Waals surface area contributed by atoms with E-state index in [9.17, 15) is 4.79 Å². The third kappa shape index (κ3) is 1.66. The summed E-state index contributed by atoms with van der Waals surface area (Å²) in [5, 5.41) is 2.04. The van der Waals surface area contributed by atoms with Gasteiger partial charge in [-0.1, -0.05) is 6.07 Å². The summed E-state index contributed by atoms with van der Waals surface area (Å²) in [6, 6.07) is 9.71. The first-order valence-electron chi connectivity index (χ1n) is 5.68. The van der Waals surface area contributed by atoms with E-state index in [2.05, 4.69) is 11.1 Å². The molecule has 0 saturated heterocycles. The highest BCUT2D eigenvalue weighted by Crippen LogP contribution is 2.27. The molecule has 0 unspecified atom stereocenters. The van der Waals surface area contributed by atoms with Gasteiger partial charge in [-0.25, -0.2) is 4.98 Å². The van der Waals surface area contributed by atoms with Crippen LogP contribution >= 0.6 is 11.3 Å². The molecular formula is C14H12N2OS. The number of carbonyl (C=O) groups is 1. The number of Topliss-reactive ketones (excluding diaryl/α,β-unsaturated/α-hetero) is 1. The molecule has 18 heavy (non-hydrogen) atoms. The fourth-order valence-electron chi connectivity index (χ4n) is 2.03. The quantitative estimate of drug-likeness (QED) is 0.658. The second-order valence-corrected chi connectivity index (χ2v) is 5.18. The highest BCUT2D eigenvalue weighted by atomic mass is 32.1. The topological polar surface area (TPSA) is 34.9 Å². The highest BCUT2D eigenvalue weighted by Gasteiger charge is 2.11. The third-order valence-electron chi connectivity index (χ3n) is 3.03. The van der Waals surface area contributed by atoms with Gasteiger partial charge in [0.1, 0.15) is 0 Å². The lowest BCUT2D eigenvalue weighted by Crippen LogP contribution is -1.94. The molecule has 0 aliphatic rings. The van der Waals surface area contributed by atoms with Gasteiger partial charge in [0.25, 0.3) is 0 Å². The number of fused-ring (bicyclic) bond motifs is 1. The van der Waals surface area contributed by atoms with E-state index in [-0.39, 0.29) is 5.78 Å². The first-order chi connectivity index (χ1) is 8.66. The van der Waals surface area contributed by atoms with Crippen molar-refractivity contribution in [1.82, 2.24) is 9.55 Å². The molecule has 2 heterocycles. The molecule has 3 rings (SSSR count). The van der Waals surface area contributed by atoms with Gasteiger partial charge in [-0.3, -0.25) is 4.79 Å². The average Bonchev–Trinajstić information content (AvgIpc) is 2.97. The summed E-state index contributed by atoms with van der Waals surface area (Å²) in [7, 11) is 1.98. The molecule has 0 spiro atoms. The van der Waals surface area contributed by atoms with Gasteiger partial charge in [-0.2, -0.15) is 0 Å². The molecule has 0 amide bonds. The highest BCUT2D eigenvalue weighted by molar-refractivity contribution is 7.13. The van der Waals surface area contributed by atoms with E-state index in [0.717, 1.165) is 27.3 Å². The SMILES string of the molecule is CC(=O)c1ccc2nc(-c3cccs3)n(C)c2c1. The first-order valence-corrected chi connectivity index (χ1v) is 6.56.